The Kier molecular flexibility index (Phi) is 4.11. The summed E-state index contributed by atoms with van der Waals surface area (Å²) in [5.74, 6) is 0.732. The number of rotatable bonds is 3. The molecule has 0 spiro atoms. The Morgan fingerprint density at radius 1 is 1.00 bits per heavy atom. The lowest BCUT2D eigenvalue weighted by atomic mass is 9.68. The van der Waals surface area contributed by atoms with Crippen molar-refractivity contribution in [1.29, 1.82) is 0 Å². The zero-order valence-corrected chi connectivity index (χ0v) is 15.5. The fourth-order valence-corrected chi connectivity index (χ4v) is 4.28. The van der Waals surface area contributed by atoms with Gasteiger partial charge in [-0.15, -0.1) is 0 Å². The number of hydrogen-bond donors (Lipinski definition) is 0. The number of para-hydroxylation sites is 1. The molecule has 2 aromatic carbocycles. The largest absolute Gasteiger partial charge is 0.253 e. The lowest BCUT2D eigenvalue weighted by Gasteiger charge is -2.37. The Morgan fingerprint density at radius 2 is 1.72 bits per heavy atom. The van der Waals surface area contributed by atoms with Gasteiger partial charge in [-0.05, 0) is 53.4 Å². The lowest BCUT2D eigenvalue weighted by Crippen LogP contribution is -2.29. The molecule has 1 aliphatic carbocycles. The third kappa shape index (κ3) is 2.86. The van der Waals surface area contributed by atoms with E-state index in [1.165, 1.54) is 40.6 Å². The first-order valence-corrected chi connectivity index (χ1v) is 9.56. The first kappa shape index (κ1) is 16.3. The second-order valence-electron chi connectivity index (χ2n) is 8.08. The fraction of sp³-hybridized carbons (Fsp3) is 0.375. The van der Waals surface area contributed by atoms with Crippen molar-refractivity contribution >= 4 is 10.9 Å². The third-order valence-corrected chi connectivity index (χ3v) is 6.34. The number of pyridine rings is 1. The van der Waals surface area contributed by atoms with Gasteiger partial charge in [-0.3, -0.25) is 4.98 Å². The summed E-state index contributed by atoms with van der Waals surface area (Å²) in [5.41, 5.74) is 7.07. The quantitative estimate of drug-likeness (QED) is 0.538. The zero-order chi connectivity index (χ0) is 17.4. The van der Waals surface area contributed by atoms with Crippen LogP contribution in [0.25, 0.3) is 22.0 Å². The van der Waals surface area contributed by atoms with Crippen molar-refractivity contribution in [3.63, 3.8) is 0 Å². The summed E-state index contributed by atoms with van der Waals surface area (Å²) in [6, 6.07) is 19.5. The van der Waals surface area contributed by atoms with Gasteiger partial charge in [0.15, 0.2) is 0 Å². The Bertz CT molecular complexity index is 893. The molecule has 0 radical (unpaired) electrons. The molecule has 1 nitrogen and oxygen atoms in total. The van der Waals surface area contributed by atoms with Gasteiger partial charge in [0.2, 0.25) is 0 Å². The van der Waals surface area contributed by atoms with E-state index in [0.29, 0.717) is 5.41 Å². The molecule has 1 aromatic heterocycles. The van der Waals surface area contributed by atoms with Crippen molar-refractivity contribution in [1.82, 2.24) is 4.98 Å². The Hall–Kier alpha value is -2.15. The van der Waals surface area contributed by atoms with Crippen LogP contribution in [0.2, 0.25) is 0 Å². The maximum atomic E-state index is 5.04. The molecule has 0 saturated carbocycles. The molecule has 1 heterocycles. The minimum Gasteiger partial charge on any atom is -0.253 e. The summed E-state index contributed by atoms with van der Waals surface area (Å²) in [6.45, 7) is 7.19. The maximum absolute atomic E-state index is 5.04. The summed E-state index contributed by atoms with van der Waals surface area (Å²) in [6.07, 6.45) is 4.74. The monoisotopic (exact) mass is 329 g/mol. The average molecular weight is 329 g/mol. The van der Waals surface area contributed by atoms with Gasteiger partial charge in [-0.2, -0.15) is 0 Å². The molecule has 1 atom stereocenters. The molecule has 3 aromatic rings. The third-order valence-electron chi connectivity index (χ3n) is 6.34. The number of aromatic nitrogens is 1. The Balaban J connectivity index is 1.94. The summed E-state index contributed by atoms with van der Waals surface area (Å²) >= 11 is 0. The van der Waals surface area contributed by atoms with E-state index in [2.05, 4.69) is 75.4 Å². The highest BCUT2D eigenvalue weighted by atomic mass is 14.7. The highest BCUT2D eigenvalue weighted by molar-refractivity contribution is 5.96. The molecular weight excluding hydrogens is 302 g/mol. The summed E-state index contributed by atoms with van der Waals surface area (Å²) in [7, 11) is 0. The molecular formula is C24H27N. The van der Waals surface area contributed by atoms with E-state index >= 15 is 0 Å². The van der Waals surface area contributed by atoms with Gasteiger partial charge in [-0.25, -0.2) is 0 Å². The van der Waals surface area contributed by atoms with Gasteiger partial charge in [-0.1, -0.05) is 75.7 Å². The first-order chi connectivity index (χ1) is 12.1. The average Bonchev–Trinajstić information content (AvgIpc) is 2.66. The highest BCUT2D eigenvalue weighted by Crippen LogP contribution is 2.43. The normalized spacial score (nSPS) is 17.5. The second-order valence-corrected chi connectivity index (χ2v) is 8.08. The smallest absolute Gasteiger partial charge is 0.0711 e. The fourth-order valence-electron chi connectivity index (χ4n) is 4.28. The predicted molar refractivity (Wildman–Crippen MR) is 107 cm³/mol. The van der Waals surface area contributed by atoms with E-state index in [0.717, 1.165) is 24.3 Å². The lowest BCUT2D eigenvalue weighted by molar-refractivity contribution is 0.182. The number of fused-ring (bicyclic) bond motifs is 2. The van der Waals surface area contributed by atoms with Gasteiger partial charge < -0.3 is 0 Å². The summed E-state index contributed by atoms with van der Waals surface area (Å²) < 4.78 is 0. The van der Waals surface area contributed by atoms with Gasteiger partial charge in [0.05, 0.1) is 5.52 Å². The topological polar surface area (TPSA) is 12.9 Å². The maximum Gasteiger partial charge on any atom is 0.0711 e. The van der Waals surface area contributed by atoms with Gasteiger partial charge in [0.1, 0.15) is 0 Å². The molecule has 128 valence electrons. The molecule has 0 N–H and O–H groups in total. The molecule has 25 heavy (non-hydrogen) atoms. The number of nitrogens with zero attached hydrogens (tertiary/aromatic N) is 1. The first-order valence-electron chi connectivity index (χ1n) is 9.56. The molecule has 0 saturated heterocycles. The number of benzene rings is 2. The van der Waals surface area contributed by atoms with E-state index in [-0.39, 0.29) is 0 Å². The van der Waals surface area contributed by atoms with Crippen LogP contribution in [0, 0.1) is 11.3 Å². The summed E-state index contributed by atoms with van der Waals surface area (Å²) in [5, 5.41) is 1.29. The molecule has 1 unspecified atom stereocenters. The molecule has 4 rings (SSSR count). The van der Waals surface area contributed by atoms with Crippen molar-refractivity contribution in [2.24, 2.45) is 11.3 Å². The molecule has 1 aliphatic rings. The van der Waals surface area contributed by atoms with Crippen molar-refractivity contribution in [2.75, 3.05) is 0 Å². The number of hydrogen-bond acceptors (Lipinski definition) is 1. The van der Waals surface area contributed by atoms with E-state index < -0.39 is 0 Å². The minimum absolute atomic E-state index is 0.386. The van der Waals surface area contributed by atoms with E-state index in [9.17, 15) is 0 Å². The second kappa shape index (κ2) is 6.29. The van der Waals surface area contributed by atoms with E-state index in [1.807, 2.05) is 0 Å². The van der Waals surface area contributed by atoms with Gasteiger partial charge in [0, 0.05) is 11.1 Å². The molecule has 0 fully saturated rings. The van der Waals surface area contributed by atoms with Crippen LogP contribution in [0.4, 0.5) is 0 Å². The Morgan fingerprint density at radius 3 is 2.48 bits per heavy atom. The Labute approximate surface area is 151 Å². The zero-order valence-electron chi connectivity index (χ0n) is 15.5. The van der Waals surface area contributed by atoms with Crippen LogP contribution in [0.1, 0.15) is 44.9 Å². The van der Waals surface area contributed by atoms with Crippen LogP contribution < -0.4 is 0 Å². The van der Waals surface area contributed by atoms with Crippen LogP contribution in [-0.2, 0) is 12.8 Å². The molecule has 0 amide bonds. The highest BCUT2D eigenvalue weighted by Gasteiger charge is 2.33. The van der Waals surface area contributed by atoms with Gasteiger partial charge in [0.25, 0.3) is 0 Å². The van der Waals surface area contributed by atoms with Crippen molar-refractivity contribution in [3.05, 3.63) is 65.9 Å². The predicted octanol–water partition coefficient (Wildman–Crippen LogP) is 6.44. The molecule has 0 bridgehead atoms. The summed E-state index contributed by atoms with van der Waals surface area (Å²) in [4.78, 5) is 5.04. The minimum atomic E-state index is 0.386. The van der Waals surface area contributed by atoms with Crippen LogP contribution in [-0.4, -0.2) is 4.98 Å². The van der Waals surface area contributed by atoms with Gasteiger partial charge >= 0.3 is 0 Å². The van der Waals surface area contributed by atoms with E-state index in [1.54, 1.807) is 0 Å². The number of aryl methyl sites for hydroxylation is 1. The van der Waals surface area contributed by atoms with Crippen LogP contribution >= 0.6 is 0 Å². The molecule has 1 heteroatoms. The standard InChI is InChI=1S/C24H27N/c1-4-24(2,3)18-14-15-22-20(16-18)23(17-10-6-5-7-11-17)19-12-8-9-13-21(19)25-22/h5-13,18H,4,14-16H2,1-3H3. The SMILES string of the molecule is CCC(C)(C)C1CCc2nc3ccccc3c(-c3ccccc3)c2C1. The van der Waals surface area contributed by atoms with Crippen LogP contribution in [0.5, 0.6) is 0 Å². The molecule has 0 aliphatic heterocycles. The van der Waals surface area contributed by atoms with Crippen LogP contribution in [0.3, 0.4) is 0 Å². The van der Waals surface area contributed by atoms with Crippen LogP contribution in [0.15, 0.2) is 54.6 Å². The van der Waals surface area contributed by atoms with Crippen molar-refractivity contribution < 1.29 is 0 Å². The van der Waals surface area contributed by atoms with E-state index in [4.69, 9.17) is 4.98 Å². The van der Waals surface area contributed by atoms with Crippen molar-refractivity contribution in [3.8, 4) is 11.1 Å². The van der Waals surface area contributed by atoms with Crippen molar-refractivity contribution in [2.45, 2.75) is 46.5 Å².